The lowest BCUT2D eigenvalue weighted by atomic mass is 10.1. The Morgan fingerprint density at radius 3 is 2.50 bits per heavy atom. The Bertz CT molecular complexity index is 1060. The monoisotopic (exact) mass is 403 g/mol. The van der Waals surface area contributed by atoms with Gasteiger partial charge in [-0.1, -0.05) is 29.4 Å². The van der Waals surface area contributed by atoms with Gasteiger partial charge in [-0.3, -0.25) is 0 Å². The first-order chi connectivity index (χ1) is 13.5. The van der Waals surface area contributed by atoms with Crippen LogP contribution in [0, 0.1) is 0 Å². The Morgan fingerprint density at radius 1 is 1.00 bits per heavy atom. The molecule has 3 aromatic heterocycles. The molecule has 0 unspecified atom stereocenters. The smallest absolute Gasteiger partial charge is 0.350 e. The molecule has 0 aliphatic carbocycles. The maximum absolute atomic E-state index is 12.5. The van der Waals surface area contributed by atoms with Crippen molar-refractivity contribution in [1.82, 2.24) is 20.1 Å². The molecule has 0 saturated heterocycles. The van der Waals surface area contributed by atoms with Crippen LogP contribution >= 0.6 is 11.3 Å². The molecule has 0 atom stereocenters. The molecule has 10 heteroatoms. The zero-order chi connectivity index (χ0) is 19.6. The predicted octanol–water partition coefficient (Wildman–Crippen LogP) is 4.89. The van der Waals surface area contributed by atoms with E-state index in [1.165, 1.54) is 0 Å². The summed E-state index contributed by atoms with van der Waals surface area (Å²) in [6.07, 6.45) is -2.98. The highest BCUT2D eigenvalue weighted by molar-refractivity contribution is 7.08. The van der Waals surface area contributed by atoms with Crippen LogP contribution in [0.3, 0.4) is 0 Å². The second kappa shape index (κ2) is 7.39. The molecule has 0 aliphatic rings. The number of halogens is 3. The van der Waals surface area contributed by atoms with Gasteiger partial charge in [0.2, 0.25) is 11.8 Å². The van der Waals surface area contributed by atoms with E-state index in [4.69, 9.17) is 0 Å². The van der Waals surface area contributed by atoms with Gasteiger partial charge in [0.1, 0.15) is 0 Å². The summed E-state index contributed by atoms with van der Waals surface area (Å²) in [5, 5.41) is 10.5. The zero-order valence-electron chi connectivity index (χ0n) is 14.1. The standard InChI is InChI=1S/C18H12F3N5OS/c19-18(20,21)16-25-15(26-27-16)12-3-1-11(2-4-12)9-23-17-22-7-5-14(24-17)13-6-8-28-10-13/h1-8,10H,9H2,(H,22,23,24). The van der Waals surface area contributed by atoms with Crippen LogP contribution in [0.1, 0.15) is 11.5 Å². The van der Waals surface area contributed by atoms with E-state index >= 15 is 0 Å². The van der Waals surface area contributed by atoms with Crippen molar-refractivity contribution in [3.8, 4) is 22.6 Å². The van der Waals surface area contributed by atoms with Crippen LogP contribution in [0.25, 0.3) is 22.6 Å². The highest BCUT2D eigenvalue weighted by Crippen LogP contribution is 2.29. The van der Waals surface area contributed by atoms with Crippen LogP contribution in [-0.4, -0.2) is 20.1 Å². The third-order valence-corrected chi connectivity index (χ3v) is 4.49. The summed E-state index contributed by atoms with van der Waals surface area (Å²) < 4.78 is 41.9. The molecule has 0 saturated carbocycles. The van der Waals surface area contributed by atoms with E-state index in [1.807, 2.05) is 22.9 Å². The molecule has 1 aromatic carbocycles. The highest BCUT2D eigenvalue weighted by atomic mass is 32.1. The van der Waals surface area contributed by atoms with Crippen LogP contribution in [0.5, 0.6) is 0 Å². The lowest BCUT2D eigenvalue weighted by Crippen LogP contribution is -2.05. The number of hydrogen-bond donors (Lipinski definition) is 1. The van der Waals surface area contributed by atoms with Crippen LogP contribution in [-0.2, 0) is 12.7 Å². The third kappa shape index (κ3) is 4.01. The fourth-order valence-corrected chi connectivity index (χ4v) is 3.07. The molecule has 0 radical (unpaired) electrons. The summed E-state index contributed by atoms with van der Waals surface area (Å²) >= 11 is 1.59. The van der Waals surface area contributed by atoms with Crippen LogP contribution in [0.4, 0.5) is 19.1 Å². The van der Waals surface area contributed by atoms with E-state index in [0.717, 1.165) is 16.8 Å². The Balaban J connectivity index is 1.43. The van der Waals surface area contributed by atoms with Gasteiger partial charge in [0.25, 0.3) is 0 Å². The fourth-order valence-electron chi connectivity index (χ4n) is 2.42. The third-order valence-electron chi connectivity index (χ3n) is 3.80. The summed E-state index contributed by atoms with van der Waals surface area (Å²) in [6.45, 7) is 0.452. The molecule has 0 spiro atoms. The van der Waals surface area contributed by atoms with Crippen molar-refractivity contribution in [3.05, 3.63) is 64.8 Å². The first-order valence-electron chi connectivity index (χ1n) is 8.09. The van der Waals surface area contributed by atoms with Crippen LogP contribution < -0.4 is 5.32 Å². The Hall–Kier alpha value is -3.27. The molecule has 4 aromatic rings. The normalized spacial score (nSPS) is 11.5. The molecular weight excluding hydrogens is 391 g/mol. The van der Waals surface area contributed by atoms with Crippen molar-refractivity contribution >= 4 is 17.3 Å². The van der Waals surface area contributed by atoms with Crippen molar-refractivity contribution in [3.63, 3.8) is 0 Å². The molecule has 0 fully saturated rings. The summed E-state index contributed by atoms with van der Waals surface area (Å²) in [5.41, 5.74) is 3.18. The fraction of sp³-hybridized carbons (Fsp3) is 0.111. The first-order valence-corrected chi connectivity index (χ1v) is 9.03. The van der Waals surface area contributed by atoms with Crippen molar-refractivity contribution in [2.75, 3.05) is 5.32 Å². The van der Waals surface area contributed by atoms with Crippen LogP contribution in [0.2, 0.25) is 0 Å². The molecule has 0 bridgehead atoms. The highest BCUT2D eigenvalue weighted by Gasteiger charge is 2.38. The van der Waals surface area contributed by atoms with E-state index in [2.05, 4.69) is 29.9 Å². The summed E-state index contributed by atoms with van der Waals surface area (Å²) in [6, 6.07) is 10.6. The zero-order valence-corrected chi connectivity index (χ0v) is 15.0. The maximum Gasteiger partial charge on any atom is 0.471 e. The first kappa shape index (κ1) is 18.1. The number of aromatic nitrogens is 4. The molecule has 0 aliphatic heterocycles. The van der Waals surface area contributed by atoms with Crippen molar-refractivity contribution < 1.29 is 17.7 Å². The largest absolute Gasteiger partial charge is 0.471 e. The summed E-state index contributed by atoms with van der Waals surface area (Å²) in [4.78, 5) is 12.0. The molecule has 1 N–H and O–H groups in total. The average molecular weight is 403 g/mol. The van der Waals surface area contributed by atoms with Crippen molar-refractivity contribution in [2.24, 2.45) is 0 Å². The number of benzene rings is 1. The molecule has 142 valence electrons. The molecular formula is C18H12F3N5OS. The molecule has 0 amide bonds. The van der Waals surface area contributed by atoms with Gasteiger partial charge in [-0.05, 0) is 23.1 Å². The van der Waals surface area contributed by atoms with E-state index in [-0.39, 0.29) is 5.82 Å². The Morgan fingerprint density at radius 2 is 1.82 bits per heavy atom. The lowest BCUT2D eigenvalue weighted by Gasteiger charge is -2.06. The molecule has 6 nitrogen and oxygen atoms in total. The van der Waals surface area contributed by atoms with Gasteiger partial charge in [0, 0.05) is 29.2 Å². The minimum atomic E-state index is -4.66. The number of nitrogens with one attached hydrogen (secondary N) is 1. The van der Waals surface area contributed by atoms with Gasteiger partial charge in [0.15, 0.2) is 0 Å². The number of hydrogen-bond acceptors (Lipinski definition) is 7. The second-order valence-corrected chi connectivity index (χ2v) is 6.53. The van der Waals surface area contributed by atoms with Crippen molar-refractivity contribution in [2.45, 2.75) is 12.7 Å². The van der Waals surface area contributed by atoms with E-state index < -0.39 is 12.1 Å². The second-order valence-electron chi connectivity index (χ2n) is 5.75. The van der Waals surface area contributed by atoms with E-state index in [1.54, 1.807) is 41.8 Å². The summed E-state index contributed by atoms with van der Waals surface area (Å²) in [5.74, 6) is -0.990. The van der Waals surface area contributed by atoms with Gasteiger partial charge in [-0.25, -0.2) is 9.97 Å². The number of thiophene rings is 1. The SMILES string of the molecule is FC(F)(F)c1nc(-c2ccc(CNc3nccc(-c4ccsc4)n3)cc2)no1. The topological polar surface area (TPSA) is 76.7 Å². The van der Waals surface area contributed by atoms with Gasteiger partial charge < -0.3 is 9.84 Å². The number of nitrogens with zero attached hydrogens (tertiary/aromatic N) is 4. The molecule has 4 rings (SSSR count). The summed E-state index contributed by atoms with van der Waals surface area (Å²) in [7, 11) is 0. The number of alkyl halides is 3. The van der Waals surface area contributed by atoms with Crippen LogP contribution in [0.15, 0.2) is 57.9 Å². The minimum absolute atomic E-state index is 0.112. The maximum atomic E-state index is 12.5. The molecule has 3 heterocycles. The molecule has 28 heavy (non-hydrogen) atoms. The predicted molar refractivity (Wildman–Crippen MR) is 97.4 cm³/mol. The van der Waals surface area contributed by atoms with E-state index in [0.29, 0.717) is 18.1 Å². The van der Waals surface area contributed by atoms with Gasteiger partial charge in [-0.15, -0.1) is 0 Å². The number of rotatable bonds is 5. The Kier molecular flexibility index (Phi) is 4.78. The minimum Gasteiger partial charge on any atom is -0.350 e. The van der Waals surface area contributed by atoms with Crippen molar-refractivity contribution in [1.29, 1.82) is 0 Å². The lowest BCUT2D eigenvalue weighted by molar-refractivity contribution is -0.159. The Labute approximate surface area is 161 Å². The van der Waals surface area contributed by atoms with E-state index in [9.17, 15) is 13.2 Å². The number of anilines is 1. The van der Waals surface area contributed by atoms with Gasteiger partial charge in [-0.2, -0.15) is 29.5 Å². The quantitative estimate of drug-likeness (QED) is 0.512. The van der Waals surface area contributed by atoms with Gasteiger partial charge in [0.05, 0.1) is 5.69 Å². The average Bonchev–Trinajstić information content (AvgIpc) is 3.39. The van der Waals surface area contributed by atoms with Gasteiger partial charge >= 0.3 is 12.1 Å².